The third-order valence-corrected chi connectivity index (χ3v) is 2.57. The maximum absolute atomic E-state index is 12.1. The van der Waals surface area contributed by atoms with Crippen molar-refractivity contribution in [2.75, 3.05) is 11.4 Å². The second-order valence-corrected chi connectivity index (χ2v) is 4.83. The van der Waals surface area contributed by atoms with Gasteiger partial charge in [-0.2, -0.15) is 0 Å². The summed E-state index contributed by atoms with van der Waals surface area (Å²) in [7, 11) is 0. The van der Waals surface area contributed by atoms with Crippen LogP contribution in [0.2, 0.25) is 0 Å². The van der Waals surface area contributed by atoms with Gasteiger partial charge in [0.25, 0.3) is 0 Å². The summed E-state index contributed by atoms with van der Waals surface area (Å²) in [6.45, 7) is 6.49. The number of nitrogens with zero attached hydrogens (tertiary/aromatic N) is 2. The Kier molecular flexibility index (Phi) is 4.63. The number of carbonyl (C=O) groups excluding carboxylic acids is 1. The summed E-state index contributed by atoms with van der Waals surface area (Å²) in [5.41, 5.74) is 6.48. The van der Waals surface area contributed by atoms with Gasteiger partial charge in [0.2, 0.25) is 5.91 Å². The van der Waals surface area contributed by atoms with Gasteiger partial charge in [-0.3, -0.25) is 9.78 Å². The second kappa shape index (κ2) is 5.77. The molecular formula is C13H21N3O. The quantitative estimate of drug-likeness (QED) is 0.848. The molecule has 2 N–H and O–H groups in total. The maximum Gasteiger partial charge on any atom is 0.227 e. The molecule has 0 radical (unpaired) electrons. The zero-order valence-corrected chi connectivity index (χ0v) is 10.8. The minimum absolute atomic E-state index is 0.109. The number of nitrogens with two attached hydrogens (primary N) is 1. The van der Waals surface area contributed by atoms with E-state index in [9.17, 15) is 4.79 Å². The summed E-state index contributed by atoms with van der Waals surface area (Å²) in [4.78, 5) is 17.8. The summed E-state index contributed by atoms with van der Waals surface area (Å²) in [6, 6.07) is 3.68. The van der Waals surface area contributed by atoms with Gasteiger partial charge in [-0.15, -0.1) is 0 Å². The summed E-state index contributed by atoms with van der Waals surface area (Å²) in [6.07, 6.45) is 4.55. The average Bonchev–Trinajstić information content (AvgIpc) is 2.28. The van der Waals surface area contributed by atoms with E-state index >= 15 is 0 Å². The van der Waals surface area contributed by atoms with Crippen molar-refractivity contribution >= 4 is 11.6 Å². The third kappa shape index (κ3) is 4.53. The van der Waals surface area contributed by atoms with Gasteiger partial charge in [0.05, 0.1) is 0 Å². The molecule has 4 nitrogen and oxygen atoms in total. The van der Waals surface area contributed by atoms with Gasteiger partial charge in [-0.1, -0.05) is 0 Å². The van der Waals surface area contributed by atoms with Crippen molar-refractivity contribution in [3.8, 4) is 0 Å². The Balaban J connectivity index is 2.66. The Morgan fingerprint density at radius 3 is 2.47 bits per heavy atom. The predicted molar refractivity (Wildman–Crippen MR) is 69.8 cm³/mol. The largest absolute Gasteiger partial charge is 0.326 e. The van der Waals surface area contributed by atoms with Gasteiger partial charge in [-0.05, 0) is 39.3 Å². The first kappa shape index (κ1) is 13.6. The van der Waals surface area contributed by atoms with Crippen molar-refractivity contribution in [1.29, 1.82) is 0 Å². The molecule has 0 saturated heterocycles. The SMILES string of the molecule is CCN(C(=O)CCC(C)(C)N)c1ccncc1. The Labute approximate surface area is 103 Å². The number of aromatic nitrogens is 1. The Bertz CT molecular complexity index is 357. The molecule has 1 rings (SSSR count). The first-order valence-corrected chi connectivity index (χ1v) is 5.93. The fourth-order valence-corrected chi connectivity index (χ4v) is 1.59. The van der Waals surface area contributed by atoms with Crippen molar-refractivity contribution in [1.82, 2.24) is 4.98 Å². The lowest BCUT2D eigenvalue weighted by Crippen LogP contribution is -2.36. The van der Waals surface area contributed by atoms with Gasteiger partial charge in [0.15, 0.2) is 0 Å². The topological polar surface area (TPSA) is 59.2 Å². The third-order valence-electron chi connectivity index (χ3n) is 2.57. The number of hydrogen-bond donors (Lipinski definition) is 1. The van der Waals surface area contributed by atoms with E-state index < -0.39 is 0 Å². The summed E-state index contributed by atoms with van der Waals surface area (Å²) in [5.74, 6) is 0.109. The van der Waals surface area contributed by atoms with Crippen molar-refractivity contribution in [2.45, 2.75) is 39.2 Å². The van der Waals surface area contributed by atoms with Gasteiger partial charge in [0, 0.05) is 36.6 Å². The molecule has 1 aromatic rings. The van der Waals surface area contributed by atoms with E-state index in [1.54, 1.807) is 17.3 Å². The van der Waals surface area contributed by atoms with Crippen LogP contribution in [0.5, 0.6) is 0 Å². The first-order valence-electron chi connectivity index (χ1n) is 5.93. The van der Waals surface area contributed by atoms with Crippen LogP contribution in [0.25, 0.3) is 0 Å². The molecule has 0 aliphatic rings. The monoisotopic (exact) mass is 235 g/mol. The highest BCUT2D eigenvalue weighted by atomic mass is 16.2. The van der Waals surface area contributed by atoms with Gasteiger partial charge < -0.3 is 10.6 Å². The fraction of sp³-hybridized carbons (Fsp3) is 0.538. The lowest BCUT2D eigenvalue weighted by molar-refractivity contribution is -0.118. The number of rotatable bonds is 5. The molecule has 1 amide bonds. The number of hydrogen-bond acceptors (Lipinski definition) is 3. The molecule has 0 spiro atoms. The molecular weight excluding hydrogens is 214 g/mol. The van der Waals surface area contributed by atoms with Crippen LogP contribution in [0.4, 0.5) is 5.69 Å². The number of pyridine rings is 1. The predicted octanol–water partition coefficient (Wildman–Crippen LogP) is 1.95. The van der Waals surface area contributed by atoms with Gasteiger partial charge in [-0.25, -0.2) is 0 Å². The van der Waals surface area contributed by atoms with Crippen molar-refractivity contribution < 1.29 is 4.79 Å². The summed E-state index contributed by atoms with van der Waals surface area (Å²) in [5, 5.41) is 0. The molecule has 1 aromatic heterocycles. The molecule has 0 saturated carbocycles. The Morgan fingerprint density at radius 1 is 1.41 bits per heavy atom. The van der Waals surface area contributed by atoms with E-state index in [-0.39, 0.29) is 11.4 Å². The summed E-state index contributed by atoms with van der Waals surface area (Å²) >= 11 is 0. The van der Waals surface area contributed by atoms with Crippen LogP contribution in [-0.2, 0) is 4.79 Å². The smallest absolute Gasteiger partial charge is 0.227 e. The molecule has 0 unspecified atom stereocenters. The minimum Gasteiger partial charge on any atom is -0.326 e. The normalized spacial score (nSPS) is 11.3. The summed E-state index contributed by atoms with van der Waals surface area (Å²) < 4.78 is 0. The second-order valence-electron chi connectivity index (χ2n) is 4.83. The van der Waals surface area contributed by atoms with Crippen LogP contribution in [-0.4, -0.2) is 23.0 Å². The number of anilines is 1. The van der Waals surface area contributed by atoms with E-state index in [0.717, 1.165) is 5.69 Å². The molecule has 0 aliphatic heterocycles. The standard InChI is InChI=1S/C13H21N3O/c1-4-16(11-6-9-15-10-7-11)12(17)5-8-13(2,3)14/h6-7,9-10H,4-5,8,14H2,1-3H3. The van der Waals surface area contributed by atoms with E-state index in [4.69, 9.17) is 5.73 Å². The van der Waals surface area contributed by atoms with Crippen LogP contribution in [0.1, 0.15) is 33.6 Å². The highest BCUT2D eigenvalue weighted by Gasteiger charge is 2.18. The van der Waals surface area contributed by atoms with E-state index in [0.29, 0.717) is 19.4 Å². The highest BCUT2D eigenvalue weighted by Crippen LogP contribution is 2.15. The number of carbonyl (C=O) groups is 1. The highest BCUT2D eigenvalue weighted by molar-refractivity contribution is 5.93. The molecule has 4 heteroatoms. The van der Waals surface area contributed by atoms with Crippen molar-refractivity contribution in [3.63, 3.8) is 0 Å². The fourth-order valence-electron chi connectivity index (χ4n) is 1.59. The molecule has 1 heterocycles. The van der Waals surface area contributed by atoms with E-state index in [1.807, 2.05) is 32.9 Å². The van der Waals surface area contributed by atoms with Crippen molar-refractivity contribution in [2.24, 2.45) is 5.73 Å². The zero-order chi connectivity index (χ0) is 12.9. The molecule has 0 bridgehead atoms. The molecule has 0 aromatic carbocycles. The lowest BCUT2D eigenvalue weighted by Gasteiger charge is -2.23. The first-order chi connectivity index (χ1) is 7.94. The van der Waals surface area contributed by atoms with Crippen molar-refractivity contribution in [3.05, 3.63) is 24.5 Å². The number of amides is 1. The molecule has 0 fully saturated rings. The molecule has 17 heavy (non-hydrogen) atoms. The van der Waals surface area contributed by atoms with Crippen LogP contribution < -0.4 is 10.6 Å². The van der Waals surface area contributed by atoms with Crippen LogP contribution in [0.15, 0.2) is 24.5 Å². The Hall–Kier alpha value is -1.42. The van der Waals surface area contributed by atoms with Gasteiger partial charge >= 0.3 is 0 Å². The molecule has 94 valence electrons. The zero-order valence-electron chi connectivity index (χ0n) is 10.8. The van der Waals surface area contributed by atoms with Crippen LogP contribution in [0, 0.1) is 0 Å². The van der Waals surface area contributed by atoms with E-state index in [1.165, 1.54) is 0 Å². The Morgan fingerprint density at radius 2 is 2.00 bits per heavy atom. The maximum atomic E-state index is 12.1. The molecule has 0 atom stereocenters. The van der Waals surface area contributed by atoms with Gasteiger partial charge in [0.1, 0.15) is 0 Å². The van der Waals surface area contributed by atoms with E-state index in [2.05, 4.69) is 4.98 Å². The molecule has 0 aliphatic carbocycles. The average molecular weight is 235 g/mol. The lowest BCUT2D eigenvalue weighted by atomic mass is 9.99. The minimum atomic E-state index is -0.298. The van der Waals surface area contributed by atoms with Crippen LogP contribution >= 0.6 is 0 Å². The van der Waals surface area contributed by atoms with Crippen LogP contribution in [0.3, 0.4) is 0 Å².